The molecule has 1 heteroatoms. The van der Waals surface area contributed by atoms with Gasteiger partial charge >= 0.3 is 0 Å². The largest absolute Gasteiger partial charge is 0.314 e. The highest BCUT2D eigenvalue weighted by Crippen LogP contribution is 2.15. The highest BCUT2D eigenvalue weighted by molar-refractivity contribution is 5.28. The van der Waals surface area contributed by atoms with Crippen molar-refractivity contribution < 1.29 is 0 Å². The molecule has 0 aromatic heterocycles. The molecule has 0 radical (unpaired) electrons. The molecule has 1 nitrogen and oxygen atoms in total. The average Bonchev–Trinajstić information content (AvgIpc) is 2.65. The first-order valence-corrected chi connectivity index (χ1v) is 6.04. The lowest BCUT2D eigenvalue weighted by atomic mass is 10.0. The third-order valence-corrected chi connectivity index (χ3v) is 3.23. The summed E-state index contributed by atoms with van der Waals surface area (Å²) in [5, 5.41) is 3.56. The van der Waals surface area contributed by atoms with Crippen LogP contribution in [0.1, 0.15) is 36.0 Å². The van der Waals surface area contributed by atoms with Crippen LogP contribution < -0.4 is 5.32 Å². The second-order valence-corrected chi connectivity index (χ2v) is 4.83. The molecule has 15 heavy (non-hydrogen) atoms. The van der Waals surface area contributed by atoms with Crippen LogP contribution in [0.5, 0.6) is 0 Å². The maximum atomic E-state index is 3.56. The molecule has 1 aromatic carbocycles. The fourth-order valence-corrected chi connectivity index (χ4v) is 2.56. The fraction of sp³-hybridized carbons (Fsp3) is 0.571. The molecule has 0 amide bonds. The van der Waals surface area contributed by atoms with E-state index in [1.807, 2.05) is 0 Å². The number of hydrogen-bond donors (Lipinski definition) is 1. The quantitative estimate of drug-likeness (QED) is 0.796. The number of rotatable bonds is 3. The van der Waals surface area contributed by atoms with Crippen molar-refractivity contribution >= 4 is 0 Å². The van der Waals surface area contributed by atoms with Crippen molar-refractivity contribution in [2.45, 2.75) is 45.6 Å². The third kappa shape index (κ3) is 3.07. The molecule has 1 fully saturated rings. The minimum absolute atomic E-state index is 0.769. The zero-order valence-electron chi connectivity index (χ0n) is 9.84. The van der Waals surface area contributed by atoms with Gasteiger partial charge in [-0.2, -0.15) is 0 Å². The first-order chi connectivity index (χ1) is 7.24. The summed E-state index contributed by atoms with van der Waals surface area (Å²) in [6.07, 6.45) is 5.24. The summed E-state index contributed by atoms with van der Waals surface area (Å²) < 4.78 is 0. The van der Waals surface area contributed by atoms with E-state index < -0.39 is 0 Å². The van der Waals surface area contributed by atoms with Crippen molar-refractivity contribution in [3.05, 3.63) is 34.9 Å². The molecule has 1 heterocycles. The molecule has 1 atom stereocenters. The van der Waals surface area contributed by atoms with E-state index in [2.05, 4.69) is 37.4 Å². The Morgan fingerprint density at radius 2 is 1.93 bits per heavy atom. The molecule has 1 aliphatic heterocycles. The predicted octanol–water partition coefficient (Wildman–Crippen LogP) is 2.99. The van der Waals surface area contributed by atoms with Crippen LogP contribution in [-0.4, -0.2) is 12.6 Å². The van der Waals surface area contributed by atoms with Crippen LogP contribution >= 0.6 is 0 Å². The Hall–Kier alpha value is -0.820. The van der Waals surface area contributed by atoms with Crippen LogP contribution in [0.25, 0.3) is 0 Å². The second kappa shape index (κ2) is 4.80. The molecular weight excluding hydrogens is 182 g/mol. The van der Waals surface area contributed by atoms with Gasteiger partial charge in [0.25, 0.3) is 0 Å². The summed E-state index contributed by atoms with van der Waals surface area (Å²) in [6, 6.07) is 7.66. The first kappa shape index (κ1) is 10.7. The van der Waals surface area contributed by atoms with Crippen molar-refractivity contribution in [2.75, 3.05) is 6.54 Å². The predicted molar refractivity (Wildman–Crippen MR) is 65.3 cm³/mol. The molecule has 1 aliphatic rings. The van der Waals surface area contributed by atoms with Gasteiger partial charge in [0.1, 0.15) is 0 Å². The zero-order valence-corrected chi connectivity index (χ0v) is 9.84. The van der Waals surface area contributed by atoms with Gasteiger partial charge in [0.05, 0.1) is 0 Å². The molecule has 0 bridgehead atoms. The second-order valence-electron chi connectivity index (χ2n) is 4.83. The van der Waals surface area contributed by atoms with Crippen molar-refractivity contribution in [1.29, 1.82) is 0 Å². The molecule has 82 valence electrons. The average molecular weight is 203 g/mol. The Labute approximate surface area is 92.9 Å². The maximum absolute atomic E-state index is 3.56. The van der Waals surface area contributed by atoms with E-state index in [0.717, 1.165) is 6.04 Å². The van der Waals surface area contributed by atoms with Gasteiger partial charge in [-0.1, -0.05) is 29.3 Å². The van der Waals surface area contributed by atoms with Crippen molar-refractivity contribution in [3.8, 4) is 0 Å². The Bertz CT molecular complexity index is 304. The van der Waals surface area contributed by atoms with E-state index in [1.165, 1.54) is 48.9 Å². The Morgan fingerprint density at radius 3 is 2.53 bits per heavy atom. The molecule has 0 spiro atoms. The summed E-state index contributed by atoms with van der Waals surface area (Å²) in [4.78, 5) is 0. The van der Waals surface area contributed by atoms with Gasteiger partial charge in [0.2, 0.25) is 0 Å². The van der Waals surface area contributed by atoms with Gasteiger partial charge in [-0.05, 0) is 51.6 Å². The highest BCUT2D eigenvalue weighted by Gasteiger charge is 2.13. The minimum atomic E-state index is 0.769. The Balaban J connectivity index is 1.92. The molecule has 2 rings (SSSR count). The molecule has 1 unspecified atom stereocenters. The number of nitrogens with one attached hydrogen (secondary N) is 1. The van der Waals surface area contributed by atoms with Crippen molar-refractivity contribution in [1.82, 2.24) is 5.32 Å². The van der Waals surface area contributed by atoms with Crippen molar-refractivity contribution in [3.63, 3.8) is 0 Å². The third-order valence-electron chi connectivity index (χ3n) is 3.23. The molecule has 0 saturated carbocycles. The van der Waals surface area contributed by atoms with E-state index in [-0.39, 0.29) is 0 Å². The fourth-order valence-electron chi connectivity index (χ4n) is 2.56. The Morgan fingerprint density at radius 1 is 1.20 bits per heavy atom. The van der Waals surface area contributed by atoms with Crippen molar-refractivity contribution in [2.24, 2.45) is 0 Å². The van der Waals surface area contributed by atoms with Gasteiger partial charge in [-0.3, -0.25) is 0 Å². The van der Waals surface area contributed by atoms with Crippen LogP contribution in [0.4, 0.5) is 0 Å². The van der Waals surface area contributed by atoms with Gasteiger partial charge < -0.3 is 5.32 Å². The van der Waals surface area contributed by atoms with Crippen LogP contribution in [0.2, 0.25) is 0 Å². The summed E-state index contributed by atoms with van der Waals surface area (Å²) in [6.45, 7) is 5.59. The lowest BCUT2D eigenvalue weighted by molar-refractivity contribution is 0.559. The van der Waals surface area contributed by atoms with Crippen LogP contribution in [-0.2, 0) is 6.42 Å². The van der Waals surface area contributed by atoms with Gasteiger partial charge in [0, 0.05) is 6.04 Å². The van der Waals surface area contributed by atoms with Gasteiger partial charge in [-0.25, -0.2) is 0 Å². The lowest BCUT2D eigenvalue weighted by Gasteiger charge is -2.10. The van der Waals surface area contributed by atoms with E-state index in [9.17, 15) is 0 Å². The van der Waals surface area contributed by atoms with E-state index in [1.54, 1.807) is 0 Å². The Kier molecular flexibility index (Phi) is 3.42. The topological polar surface area (TPSA) is 12.0 Å². The SMILES string of the molecule is Cc1cc(C)cc(CCC2CCCN2)c1. The maximum Gasteiger partial charge on any atom is 0.00707 e. The summed E-state index contributed by atoms with van der Waals surface area (Å²) in [7, 11) is 0. The summed E-state index contributed by atoms with van der Waals surface area (Å²) >= 11 is 0. The normalized spacial score (nSPS) is 20.8. The van der Waals surface area contributed by atoms with E-state index in [0.29, 0.717) is 0 Å². The highest BCUT2D eigenvalue weighted by atomic mass is 14.9. The van der Waals surface area contributed by atoms with E-state index >= 15 is 0 Å². The number of benzene rings is 1. The molecule has 1 aromatic rings. The van der Waals surface area contributed by atoms with E-state index in [4.69, 9.17) is 0 Å². The lowest BCUT2D eigenvalue weighted by Crippen LogP contribution is -2.21. The standard InChI is InChI=1S/C14H21N/c1-11-8-12(2)10-13(9-11)5-6-14-4-3-7-15-14/h8-10,14-15H,3-7H2,1-2H3. The molecular formula is C14H21N. The van der Waals surface area contributed by atoms with Gasteiger partial charge in [-0.15, -0.1) is 0 Å². The molecule has 0 aliphatic carbocycles. The number of hydrogen-bond acceptors (Lipinski definition) is 1. The van der Waals surface area contributed by atoms with Crippen LogP contribution in [0, 0.1) is 13.8 Å². The summed E-state index contributed by atoms with van der Waals surface area (Å²) in [5.74, 6) is 0. The van der Waals surface area contributed by atoms with Crippen LogP contribution in [0.15, 0.2) is 18.2 Å². The van der Waals surface area contributed by atoms with Gasteiger partial charge in [0.15, 0.2) is 0 Å². The zero-order chi connectivity index (χ0) is 10.7. The number of aryl methyl sites for hydroxylation is 3. The smallest absolute Gasteiger partial charge is 0.00707 e. The first-order valence-electron chi connectivity index (χ1n) is 6.04. The summed E-state index contributed by atoms with van der Waals surface area (Å²) in [5.41, 5.74) is 4.29. The monoisotopic (exact) mass is 203 g/mol. The molecule has 1 saturated heterocycles. The van der Waals surface area contributed by atoms with Crippen LogP contribution in [0.3, 0.4) is 0 Å². The molecule has 1 N–H and O–H groups in total. The minimum Gasteiger partial charge on any atom is -0.314 e.